The van der Waals surface area contributed by atoms with Gasteiger partial charge in [-0.05, 0) is 35.9 Å². The first-order chi connectivity index (χ1) is 11.6. The zero-order chi connectivity index (χ0) is 17.1. The minimum atomic E-state index is -0.584. The molecule has 3 rings (SSSR count). The normalized spacial score (nSPS) is 12.6. The predicted octanol–water partition coefficient (Wildman–Crippen LogP) is 4.27. The Morgan fingerprint density at radius 3 is 2.79 bits per heavy atom. The molecule has 2 aromatic carbocycles. The van der Waals surface area contributed by atoms with Crippen molar-refractivity contribution in [1.29, 1.82) is 5.26 Å². The Balaban J connectivity index is 1.84. The highest BCUT2D eigenvalue weighted by molar-refractivity contribution is 6.44. The van der Waals surface area contributed by atoms with E-state index in [1.165, 1.54) is 6.08 Å². The second-order valence-electron chi connectivity index (χ2n) is 4.84. The van der Waals surface area contributed by atoms with Gasteiger partial charge in [-0.3, -0.25) is 4.79 Å². The van der Waals surface area contributed by atoms with Crippen LogP contribution in [-0.2, 0) is 4.79 Å². The molecular weight excluding hydrogens is 351 g/mol. The Kier molecular flexibility index (Phi) is 4.61. The topological polar surface area (TPSA) is 71.3 Å². The first kappa shape index (κ1) is 16.2. The Hall–Kier alpha value is -2.68. The fourth-order valence-electron chi connectivity index (χ4n) is 2.11. The fourth-order valence-corrected chi connectivity index (χ4v) is 2.46. The number of hydrogen-bond acceptors (Lipinski definition) is 4. The van der Waals surface area contributed by atoms with E-state index in [4.69, 9.17) is 32.7 Å². The Morgan fingerprint density at radius 2 is 2.00 bits per heavy atom. The van der Waals surface area contributed by atoms with Crippen molar-refractivity contribution >= 4 is 40.9 Å². The number of benzene rings is 2. The third kappa shape index (κ3) is 3.30. The van der Waals surface area contributed by atoms with Crippen LogP contribution in [0.15, 0.2) is 42.0 Å². The molecule has 7 heteroatoms. The summed E-state index contributed by atoms with van der Waals surface area (Å²) in [4.78, 5) is 12.3. The third-order valence-corrected chi connectivity index (χ3v) is 4.09. The van der Waals surface area contributed by atoms with E-state index in [2.05, 4.69) is 5.32 Å². The molecule has 0 saturated heterocycles. The van der Waals surface area contributed by atoms with E-state index in [1.807, 2.05) is 6.07 Å². The lowest BCUT2D eigenvalue weighted by molar-refractivity contribution is -0.112. The molecule has 5 nitrogen and oxygen atoms in total. The summed E-state index contributed by atoms with van der Waals surface area (Å²) in [5.74, 6) is 0.611. The van der Waals surface area contributed by atoms with Crippen LogP contribution in [0.5, 0.6) is 11.5 Å². The van der Waals surface area contributed by atoms with Gasteiger partial charge in [-0.2, -0.15) is 5.26 Å². The Bertz CT molecular complexity index is 888. The second kappa shape index (κ2) is 6.83. The molecule has 1 N–H and O–H groups in total. The van der Waals surface area contributed by atoms with E-state index in [1.54, 1.807) is 36.4 Å². The molecule has 1 aliphatic heterocycles. The number of fused-ring (bicyclic) bond motifs is 1. The van der Waals surface area contributed by atoms with Crippen molar-refractivity contribution in [3.63, 3.8) is 0 Å². The molecule has 1 aliphatic rings. The van der Waals surface area contributed by atoms with E-state index >= 15 is 0 Å². The number of halogens is 2. The van der Waals surface area contributed by atoms with Gasteiger partial charge in [-0.25, -0.2) is 0 Å². The number of nitrogens with zero attached hydrogens (tertiary/aromatic N) is 1. The molecule has 0 spiro atoms. The molecule has 0 radical (unpaired) electrons. The van der Waals surface area contributed by atoms with Gasteiger partial charge in [-0.15, -0.1) is 0 Å². The van der Waals surface area contributed by atoms with Crippen LogP contribution < -0.4 is 14.8 Å². The van der Waals surface area contributed by atoms with Gasteiger partial charge in [0.15, 0.2) is 11.5 Å². The molecule has 0 bridgehead atoms. The minimum absolute atomic E-state index is 0.0788. The number of hydrogen-bond donors (Lipinski definition) is 1. The van der Waals surface area contributed by atoms with Gasteiger partial charge in [0.25, 0.3) is 5.91 Å². The standard InChI is InChI=1S/C17H10Cl2N2O3/c18-12-2-1-3-13(16(12)19)21-17(22)11(8-20)6-10-4-5-14-15(7-10)24-9-23-14/h1-7H,9H2,(H,21,22). The van der Waals surface area contributed by atoms with Crippen molar-refractivity contribution in [1.82, 2.24) is 0 Å². The maximum Gasteiger partial charge on any atom is 0.266 e. The number of carbonyl (C=O) groups is 1. The highest BCUT2D eigenvalue weighted by atomic mass is 35.5. The van der Waals surface area contributed by atoms with Crippen LogP contribution in [0.25, 0.3) is 6.08 Å². The SMILES string of the molecule is N#CC(=Cc1ccc2c(c1)OCO2)C(=O)Nc1cccc(Cl)c1Cl. The van der Waals surface area contributed by atoms with Gasteiger partial charge in [0.05, 0.1) is 15.7 Å². The van der Waals surface area contributed by atoms with Crippen molar-refractivity contribution in [2.75, 3.05) is 12.1 Å². The number of nitriles is 1. The monoisotopic (exact) mass is 360 g/mol. The van der Waals surface area contributed by atoms with Gasteiger partial charge >= 0.3 is 0 Å². The largest absolute Gasteiger partial charge is 0.454 e. The number of carbonyl (C=O) groups excluding carboxylic acids is 1. The lowest BCUT2D eigenvalue weighted by Crippen LogP contribution is -2.13. The summed E-state index contributed by atoms with van der Waals surface area (Å²) >= 11 is 11.9. The number of anilines is 1. The molecule has 1 heterocycles. The summed E-state index contributed by atoms with van der Waals surface area (Å²) in [6.07, 6.45) is 1.45. The smallest absolute Gasteiger partial charge is 0.266 e. The molecule has 0 fully saturated rings. The van der Waals surface area contributed by atoms with Crippen molar-refractivity contribution in [3.8, 4) is 17.6 Å². The van der Waals surface area contributed by atoms with Crippen LogP contribution in [0, 0.1) is 11.3 Å². The summed E-state index contributed by atoms with van der Waals surface area (Å²) in [6, 6.07) is 11.9. The molecular formula is C17H10Cl2N2O3. The summed E-state index contributed by atoms with van der Waals surface area (Å²) in [7, 11) is 0. The molecule has 0 atom stereocenters. The fraction of sp³-hybridized carbons (Fsp3) is 0.0588. The van der Waals surface area contributed by atoms with Crippen molar-refractivity contribution in [3.05, 3.63) is 57.6 Å². The highest BCUT2D eigenvalue weighted by Crippen LogP contribution is 2.33. The Morgan fingerprint density at radius 1 is 1.21 bits per heavy atom. The van der Waals surface area contributed by atoms with E-state index < -0.39 is 5.91 Å². The van der Waals surface area contributed by atoms with Gasteiger partial charge in [0.2, 0.25) is 6.79 Å². The Labute approximate surface area is 148 Å². The van der Waals surface area contributed by atoms with Gasteiger partial charge in [0.1, 0.15) is 11.6 Å². The van der Waals surface area contributed by atoms with Gasteiger partial charge < -0.3 is 14.8 Å². The van der Waals surface area contributed by atoms with Crippen LogP contribution in [-0.4, -0.2) is 12.7 Å². The number of ether oxygens (including phenoxy) is 2. The highest BCUT2D eigenvalue weighted by Gasteiger charge is 2.15. The summed E-state index contributed by atoms with van der Waals surface area (Å²) in [5, 5.41) is 12.4. The lowest BCUT2D eigenvalue weighted by atomic mass is 10.1. The van der Waals surface area contributed by atoms with Crippen molar-refractivity contribution in [2.24, 2.45) is 0 Å². The van der Waals surface area contributed by atoms with E-state index in [0.717, 1.165) is 0 Å². The molecule has 120 valence electrons. The minimum Gasteiger partial charge on any atom is -0.454 e. The first-order valence-electron chi connectivity index (χ1n) is 6.85. The quantitative estimate of drug-likeness (QED) is 0.655. The molecule has 0 aliphatic carbocycles. The van der Waals surface area contributed by atoms with Gasteiger partial charge in [-0.1, -0.05) is 35.3 Å². The maximum atomic E-state index is 12.3. The number of rotatable bonds is 3. The maximum absolute atomic E-state index is 12.3. The molecule has 0 unspecified atom stereocenters. The molecule has 0 saturated carbocycles. The van der Waals surface area contributed by atoms with Crippen LogP contribution >= 0.6 is 23.2 Å². The molecule has 1 amide bonds. The van der Waals surface area contributed by atoms with Crippen LogP contribution in [0.3, 0.4) is 0 Å². The van der Waals surface area contributed by atoms with Crippen molar-refractivity contribution in [2.45, 2.75) is 0 Å². The lowest BCUT2D eigenvalue weighted by Gasteiger charge is -2.07. The molecule has 0 aromatic heterocycles. The van der Waals surface area contributed by atoms with E-state index in [9.17, 15) is 10.1 Å². The van der Waals surface area contributed by atoms with Crippen LogP contribution in [0.2, 0.25) is 10.0 Å². The predicted molar refractivity (Wildman–Crippen MR) is 91.2 cm³/mol. The average molecular weight is 361 g/mol. The number of amides is 1. The summed E-state index contributed by atoms with van der Waals surface area (Å²) in [5.41, 5.74) is 0.897. The molecule has 2 aromatic rings. The summed E-state index contributed by atoms with van der Waals surface area (Å²) in [6.45, 7) is 0.154. The number of nitrogens with one attached hydrogen (secondary N) is 1. The van der Waals surface area contributed by atoms with E-state index in [0.29, 0.717) is 27.8 Å². The molecule has 24 heavy (non-hydrogen) atoms. The summed E-state index contributed by atoms with van der Waals surface area (Å²) < 4.78 is 10.5. The van der Waals surface area contributed by atoms with Gasteiger partial charge in [0, 0.05) is 0 Å². The van der Waals surface area contributed by atoms with E-state index in [-0.39, 0.29) is 17.4 Å². The van der Waals surface area contributed by atoms with Crippen LogP contribution in [0.4, 0.5) is 5.69 Å². The van der Waals surface area contributed by atoms with Crippen molar-refractivity contribution < 1.29 is 14.3 Å². The van der Waals surface area contributed by atoms with Crippen LogP contribution in [0.1, 0.15) is 5.56 Å². The zero-order valence-electron chi connectivity index (χ0n) is 12.2. The zero-order valence-corrected chi connectivity index (χ0v) is 13.7. The first-order valence-corrected chi connectivity index (χ1v) is 7.61. The average Bonchev–Trinajstić information content (AvgIpc) is 3.04. The third-order valence-electron chi connectivity index (χ3n) is 3.27. The second-order valence-corrected chi connectivity index (χ2v) is 5.62.